The third-order valence-electron chi connectivity index (χ3n) is 1.92. The van der Waals surface area contributed by atoms with Gasteiger partial charge in [0.15, 0.2) is 0 Å². The number of nitrogens with two attached hydrogens (primary N) is 1. The van der Waals surface area contributed by atoms with E-state index in [0.717, 1.165) is 0 Å². The van der Waals surface area contributed by atoms with Gasteiger partial charge in [-0.2, -0.15) is 5.10 Å². The van der Waals surface area contributed by atoms with Crippen LogP contribution < -0.4 is 5.73 Å². The average molecular weight is 222 g/mol. The molecule has 0 aliphatic heterocycles. The molecular weight excluding hydrogens is 214 g/mol. The van der Waals surface area contributed by atoms with Crippen LogP contribution in [0.3, 0.4) is 0 Å². The van der Waals surface area contributed by atoms with Crippen LogP contribution in [0, 0.1) is 5.41 Å². The topological polar surface area (TPSA) is 80.6 Å². The predicted molar refractivity (Wildman–Crippen MR) is 57.4 cm³/mol. The number of benzene rings is 1. The Morgan fingerprint density at radius 1 is 1.47 bits per heavy atom. The van der Waals surface area contributed by atoms with E-state index < -0.39 is 0 Å². The van der Waals surface area contributed by atoms with Crippen molar-refractivity contribution in [1.82, 2.24) is 14.8 Å². The largest absolute Gasteiger partial charge is 0.384 e. The summed E-state index contributed by atoms with van der Waals surface area (Å²) in [6.07, 6.45) is 2.93. The van der Waals surface area contributed by atoms with Crippen molar-refractivity contribution in [3.8, 4) is 5.69 Å². The van der Waals surface area contributed by atoms with Crippen molar-refractivity contribution in [3.05, 3.63) is 41.4 Å². The molecule has 0 radical (unpaired) electrons. The van der Waals surface area contributed by atoms with Crippen LogP contribution in [0.25, 0.3) is 5.69 Å². The van der Waals surface area contributed by atoms with Gasteiger partial charge in [0.1, 0.15) is 18.5 Å². The Kier molecular flexibility index (Phi) is 2.39. The molecule has 0 amide bonds. The van der Waals surface area contributed by atoms with E-state index in [9.17, 15) is 0 Å². The lowest BCUT2D eigenvalue weighted by atomic mass is 10.1. The maximum Gasteiger partial charge on any atom is 0.138 e. The average Bonchev–Trinajstić information content (AvgIpc) is 2.69. The van der Waals surface area contributed by atoms with Gasteiger partial charge in [-0.1, -0.05) is 11.6 Å². The summed E-state index contributed by atoms with van der Waals surface area (Å²) in [7, 11) is 0. The lowest BCUT2D eigenvalue weighted by Gasteiger charge is -2.07. The fourth-order valence-electron chi connectivity index (χ4n) is 1.25. The molecule has 76 valence electrons. The summed E-state index contributed by atoms with van der Waals surface area (Å²) in [5.74, 6) is -0.0304. The summed E-state index contributed by atoms with van der Waals surface area (Å²) in [5, 5.41) is 11.9. The Hall–Kier alpha value is -1.88. The third kappa shape index (κ3) is 1.82. The molecule has 6 heteroatoms. The minimum absolute atomic E-state index is 0.0304. The molecule has 0 bridgehead atoms. The highest BCUT2D eigenvalue weighted by Gasteiger charge is 2.08. The van der Waals surface area contributed by atoms with Gasteiger partial charge in [-0.3, -0.25) is 5.41 Å². The van der Waals surface area contributed by atoms with Crippen molar-refractivity contribution >= 4 is 17.4 Å². The quantitative estimate of drug-likeness (QED) is 0.591. The van der Waals surface area contributed by atoms with Crippen molar-refractivity contribution < 1.29 is 0 Å². The maximum absolute atomic E-state index is 7.42. The molecule has 0 saturated heterocycles. The molecule has 3 N–H and O–H groups in total. The molecule has 0 unspecified atom stereocenters. The second-order valence-corrected chi connectivity index (χ2v) is 3.35. The van der Waals surface area contributed by atoms with Crippen molar-refractivity contribution in [3.63, 3.8) is 0 Å². The molecule has 1 aromatic carbocycles. The van der Waals surface area contributed by atoms with Crippen molar-refractivity contribution in [2.75, 3.05) is 0 Å². The van der Waals surface area contributed by atoms with E-state index in [1.807, 2.05) is 0 Å². The first kappa shape index (κ1) is 9.67. The van der Waals surface area contributed by atoms with E-state index in [0.29, 0.717) is 16.3 Å². The Labute approximate surface area is 91.0 Å². The molecule has 0 spiro atoms. The summed E-state index contributed by atoms with van der Waals surface area (Å²) in [4.78, 5) is 3.83. The molecule has 2 rings (SSSR count). The van der Waals surface area contributed by atoms with E-state index in [-0.39, 0.29) is 5.84 Å². The van der Waals surface area contributed by atoms with Crippen LogP contribution in [-0.4, -0.2) is 20.6 Å². The van der Waals surface area contributed by atoms with E-state index in [2.05, 4.69) is 10.1 Å². The number of halogens is 1. The first-order chi connectivity index (χ1) is 7.18. The van der Waals surface area contributed by atoms with Crippen LogP contribution in [0.5, 0.6) is 0 Å². The number of amidine groups is 1. The maximum atomic E-state index is 7.42. The Balaban J connectivity index is 2.63. The molecule has 0 aliphatic carbocycles. The number of nitrogens with zero attached hydrogens (tertiary/aromatic N) is 3. The highest BCUT2D eigenvalue weighted by molar-refractivity contribution is 6.31. The van der Waals surface area contributed by atoms with Crippen LogP contribution in [0.4, 0.5) is 0 Å². The van der Waals surface area contributed by atoms with Crippen LogP contribution >= 0.6 is 11.6 Å². The summed E-state index contributed by atoms with van der Waals surface area (Å²) >= 11 is 5.87. The molecule has 15 heavy (non-hydrogen) atoms. The fraction of sp³-hybridized carbons (Fsp3) is 0. The zero-order valence-electron chi connectivity index (χ0n) is 7.68. The van der Waals surface area contributed by atoms with Crippen molar-refractivity contribution in [2.24, 2.45) is 5.73 Å². The predicted octanol–water partition coefficient (Wildman–Crippen LogP) is 1.20. The molecular formula is C9H8ClN5. The molecule has 1 heterocycles. The Morgan fingerprint density at radius 2 is 2.27 bits per heavy atom. The van der Waals surface area contributed by atoms with Gasteiger partial charge in [-0.05, 0) is 18.2 Å². The second-order valence-electron chi connectivity index (χ2n) is 2.92. The third-order valence-corrected chi connectivity index (χ3v) is 2.15. The molecule has 0 atom stereocenters. The van der Waals surface area contributed by atoms with E-state index in [1.54, 1.807) is 18.2 Å². The number of nitrogens with one attached hydrogen (secondary N) is 1. The van der Waals surface area contributed by atoms with Gasteiger partial charge < -0.3 is 5.73 Å². The number of rotatable bonds is 2. The van der Waals surface area contributed by atoms with Gasteiger partial charge in [-0.15, -0.1) is 0 Å². The van der Waals surface area contributed by atoms with Gasteiger partial charge in [0, 0.05) is 10.6 Å². The number of nitrogen functional groups attached to an aromatic ring is 1. The lowest BCUT2D eigenvalue weighted by molar-refractivity contribution is 0.876. The van der Waals surface area contributed by atoms with Gasteiger partial charge >= 0.3 is 0 Å². The van der Waals surface area contributed by atoms with Crippen LogP contribution in [0.2, 0.25) is 5.02 Å². The fourth-order valence-corrected chi connectivity index (χ4v) is 1.42. The summed E-state index contributed by atoms with van der Waals surface area (Å²) < 4.78 is 1.52. The molecule has 0 saturated carbocycles. The number of aromatic nitrogens is 3. The highest BCUT2D eigenvalue weighted by atomic mass is 35.5. The van der Waals surface area contributed by atoms with Gasteiger partial charge in [0.05, 0.1) is 5.69 Å². The van der Waals surface area contributed by atoms with Gasteiger partial charge in [-0.25, -0.2) is 9.67 Å². The Bertz CT molecular complexity index is 491. The molecule has 0 aliphatic rings. The van der Waals surface area contributed by atoms with E-state index >= 15 is 0 Å². The van der Waals surface area contributed by atoms with E-state index in [4.69, 9.17) is 22.7 Å². The highest BCUT2D eigenvalue weighted by Crippen LogP contribution is 2.18. The first-order valence-electron chi connectivity index (χ1n) is 4.17. The summed E-state index contributed by atoms with van der Waals surface area (Å²) in [6.45, 7) is 0. The zero-order chi connectivity index (χ0) is 10.8. The standard InChI is InChI=1S/C9H8ClN5/c10-6-1-2-7(9(11)12)8(3-6)15-5-13-4-14-15/h1-5H,(H3,11,12). The van der Waals surface area contributed by atoms with Gasteiger partial charge in [0.2, 0.25) is 0 Å². The smallest absolute Gasteiger partial charge is 0.138 e. The molecule has 2 aromatic rings. The number of hydrogen-bond donors (Lipinski definition) is 2. The summed E-state index contributed by atoms with van der Waals surface area (Å²) in [6, 6.07) is 5.05. The van der Waals surface area contributed by atoms with Crippen LogP contribution in [0.15, 0.2) is 30.9 Å². The first-order valence-corrected chi connectivity index (χ1v) is 4.55. The summed E-state index contributed by atoms with van der Waals surface area (Å²) in [5.41, 5.74) is 6.67. The normalized spacial score (nSPS) is 10.2. The SMILES string of the molecule is N=C(N)c1ccc(Cl)cc1-n1cncn1. The van der Waals surface area contributed by atoms with Gasteiger partial charge in [0.25, 0.3) is 0 Å². The van der Waals surface area contributed by atoms with Crippen molar-refractivity contribution in [2.45, 2.75) is 0 Å². The van der Waals surface area contributed by atoms with Crippen LogP contribution in [0.1, 0.15) is 5.56 Å². The molecule has 5 nitrogen and oxygen atoms in total. The monoisotopic (exact) mass is 221 g/mol. The van der Waals surface area contributed by atoms with Crippen molar-refractivity contribution in [1.29, 1.82) is 5.41 Å². The minimum atomic E-state index is -0.0304. The zero-order valence-corrected chi connectivity index (χ0v) is 8.44. The molecule has 0 fully saturated rings. The van der Waals surface area contributed by atoms with E-state index in [1.165, 1.54) is 17.3 Å². The van der Waals surface area contributed by atoms with Crippen LogP contribution in [-0.2, 0) is 0 Å². The lowest BCUT2D eigenvalue weighted by Crippen LogP contribution is -2.14. The minimum Gasteiger partial charge on any atom is -0.384 e. The number of hydrogen-bond acceptors (Lipinski definition) is 3. The Morgan fingerprint density at radius 3 is 2.87 bits per heavy atom. The second kappa shape index (κ2) is 3.70. The molecule has 1 aromatic heterocycles.